The van der Waals surface area contributed by atoms with Gasteiger partial charge in [-0.05, 0) is 0 Å². The van der Waals surface area contributed by atoms with Crippen molar-refractivity contribution in [3.63, 3.8) is 0 Å². The van der Waals surface area contributed by atoms with Crippen molar-refractivity contribution in [2.24, 2.45) is 0 Å². The van der Waals surface area contributed by atoms with E-state index in [4.69, 9.17) is 28.4 Å². The van der Waals surface area contributed by atoms with Gasteiger partial charge in [0.2, 0.25) is 0 Å². The summed E-state index contributed by atoms with van der Waals surface area (Å²) in [6, 6.07) is 0. The molecule has 144 valence electrons. The van der Waals surface area contributed by atoms with Crippen LogP contribution >= 0.6 is 0 Å². The number of methoxy groups -OCH3 is 2. The van der Waals surface area contributed by atoms with Crippen LogP contribution in [0.5, 0.6) is 0 Å². The zero-order valence-electron chi connectivity index (χ0n) is 14.8. The number of hydrogen-bond acceptors (Lipinski definition) is 10. The summed E-state index contributed by atoms with van der Waals surface area (Å²) in [6.45, 7) is 3.45. The van der Waals surface area contributed by atoms with Gasteiger partial charge in [-0.15, -0.1) is 0 Å². The lowest BCUT2D eigenvalue weighted by Crippen LogP contribution is -2.64. The average molecular weight is 364 g/mol. The molecule has 0 aromatic heterocycles. The lowest BCUT2D eigenvalue weighted by Gasteiger charge is -2.44. The van der Waals surface area contributed by atoms with E-state index in [1.54, 1.807) is 0 Å². The minimum Gasteiger partial charge on any atom is -0.457 e. The first-order chi connectivity index (χ1) is 11.7. The van der Waals surface area contributed by atoms with Crippen molar-refractivity contribution in [3.8, 4) is 0 Å². The first-order valence-corrected chi connectivity index (χ1v) is 7.58. The zero-order chi connectivity index (χ0) is 19.1. The quantitative estimate of drug-likeness (QED) is 0.451. The molecule has 1 aliphatic rings. The fourth-order valence-corrected chi connectivity index (χ4v) is 2.64. The molecule has 1 N–H and O–H groups in total. The summed E-state index contributed by atoms with van der Waals surface area (Å²) >= 11 is 0. The maximum Gasteiger partial charge on any atom is 0.303 e. The second kappa shape index (κ2) is 9.66. The smallest absolute Gasteiger partial charge is 0.303 e. The summed E-state index contributed by atoms with van der Waals surface area (Å²) in [5.41, 5.74) is 0. The van der Waals surface area contributed by atoms with Gasteiger partial charge in [0.25, 0.3) is 0 Å². The molecule has 6 atom stereocenters. The second-order valence-corrected chi connectivity index (χ2v) is 5.44. The Hall–Kier alpha value is -1.75. The van der Waals surface area contributed by atoms with Gasteiger partial charge < -0.3 is 33.5 Å². The predicted octanol–water partition coefficient (Wildman–Crippen LogP) is -0.840. The highest BCUT2D eigenvalue weighted by Crippen LogP contribution is 2.30. The van der Waals surface area contributed by atoms with Gasteiger partial charge in [-0.1, -0.05) is 0 Å². The summed E-state index contributed by atoms with van der Waals surface area (Å²) < 4.78 is 31.1. The maximum atomic E-state index is 11.4. The Balaban J connectivity index is 3.16. The van der Waals surface area contributed by atoms with Crippen molar-refractivity contribution in [1.29, 1.82) is 0 Å². The fraction of sp³-hybridized carbons (Fsp3) is 0.800. The maximum absolute atomic E-state index is 11.4. The van der Waals surface area contributed by atoms with Crippen molar-refractivity contribution in [2.45, 2.75) is 57.6 Å². The number of carbonyl (C=O) groups is 3. The van der Waals surface area contributed by atoms with E-state index in [-0.39, 0.29) is 6.61 Å². The van der Waals surface area contributed by atoms with Crippen LogP contribution in [-0.2, 0) is 42.8 Å². The standard InChI is InChI=1S/C15H24O10/c1-7(16)22-10(6-20-4)11-12(21-5)13(23-8(2)17)14(15(19)25-11)24-9(3)18/h10-15,19H,6H2,1-5H3. The average Bonchev–Trinajstić information content (AvgIpc) is 2.49. The Morgan fingerprint density at radius 3 is 1.96 bits per heavy atom. The van der Waals surface area contributed by atoms with Gasteiger partial charge >= 0.3 is 17.9 Å². The normalized spacial score (nSPS) is 30.2. The van der Waals surface area contributed by atoms with Gasteiger partial charge in [0.05, 0.1) is 6.61 Å². The Morgan fingerprint density at radius 2 is 1.52 bits per heavy atom. The van der Waals surface area contributed by atoms with E-state index in [2.05, 4.69) is 0 Å². The molecule has 0 aliphatic carbocycles. The Kier molecular flexibility index (Phi) is 8.23. The van der Waals surface area contributed by atoms with Crippen LogP contribution < -0.4 is 0 Å². The molecule has 0 saturated carbocycles. The van der Waals surface area contributed by atoms with Crippen LogP contribution in [0.4, 0.5) is 0 Å². The summed E-state index contributed by atoms with van der Waals surface area (Å²) in [7, 11) is 2.71. The van der Waals surface area contributed by atoms with E-state index in [1.165, 1.54) is 21.1 Å². The van der Waals surface area contributed by atoms with Crippen LogP contribution in [0, 0.1) is 0 Å². The van der Waals surface area contributed by atoms with Crippen LogP contribution in [0.25, 0.3) is 0 Å². The molecule has 1 rings (SSSR count). The van der Waals surface area contributed by atoms with Crippen LogP contribution in [0.1, 0.15) is 20.8 Å². The topological polar surface area (TPSA) is 127 Å². The summed E-state index contributed by atoms with van der Waals surface area (Å²) in [5, 5.41) is 10.2. The second-order valence-electron chi connectivity index (χ2n) is 5.44. The fourth-order valence-electron chi connectivity index (χ4n) is 2.64. The molecule has 10 heteroatoms. The van der Waals surface area contributed by atoms with Crippen LogP contribution in [-0.4, -0.2) is 80.7 Å². The van der Waals surface area contributed by atoms with E-state index in [0.717, 1.165) is 13.8 Å². The number of carbonyl (C=O) groups excluding carboxylic acids is 3. The molecule has 25 heavy (non-hydrogen) atoms. The molecule has 0 aromatic carbocycles. The Morgan fingerprint density at radius 1 is 0.960 bits per heavy atom. The van der Waals surface area contributed by atoms with Crippen molar-refractivity contribution in [2.75, 3.05) is 20.8 Å². The molecule has 0 bridgehead atoms. The van der Waals surface area contributed by atoms with Gasteiger partial charge in [0.15, 0.2) is 24.6 Å². The minimum atomic E-state index is -1.63. The van der Waals surface area contributed by atoms with Gasteiger partial charge in [0, 0.05) is 35.0 Å². The van der Waals surface area contributed by atoms with E-state index >= 15 is 0 Å². The highest BCUT2D eigenvalue weighted by molar-refractivity contribution is 5.67. The van der Waals surface area contributed by atoms with Crippen LogP contribution in [0.3, 0.4) is 0 Å². The number of esters is 3. The molecular weight excluding hydrogens is 340 g/mol. The third-order valence-corrected chi connectivity index (χ3v) is 3.44. The SMILES string of the molecule is COCC(OC(C)=O)C1OC(O)C(OC(C)=O)C(OC(C)=O)C1OC. The first kappa shape index (κ1) is 21.3. The molecule has 1 heterocycles. The molecule has 0 spiro atoms. The van der Waals surface area contributed by atoms with Crippen molar-refractivity contribution < 1.29 is 47.9 Å². The molecule has 1 saturated heterocycles. The zero-order valence-corrected chi connectivity index (χ0v) is 14.8. The molecular formula is C15H24O10. The highest BCUT2D eigenvalue weighted by atomic mass is 16.7. The lowest BCUT2D eigenvalue weighted by molar-refractivity contribution is -0.308. The monoisotopic (exact) mass is 364 g/mol. The van der Waals surface area contributed by atoms with Gasteiger partial charge in [-0.3, -0.25) is 14.4 Å². The summed E-state index contributed by atoms with van der Waals surface area (Å²) in [5.74, 6) is -1.97. The number of hydrogen-bond donors (Lipinski definition) is 1. The number of rotatable bonds is 7. The van der Waals surface area contributed by atoms with Gasteiger partial charge in [0.1, 0.15) is 12.2 Å². The number of aliphatic hydroxyl groups is 1. The third-order valence-electron chi connectivity index (χ3n) is 3.44. The molecule has 1 aliphatic heterocycles. The molecule has 6 unspecified atom stereocenters. The van der Waals surface area contributed by atoms with E-state index < -0.39 is 54.7 Å². The number of ether oxygens (including phenoxy) is 6. The van der Waals surface area contributed by atoms with Crippen molar-refractivity contribution >= 4 is 17.9 Å². The molecule has 0 aromatic rings. The lowest BCUT2D eigenvalue weighted by atomic mass is 9.94. The molecule has 1 fully saturated rings. The van der Waals surface area contributed by atoms with Gasteiger partial charge in [-0.2, -0.15) is 0 Å². The molecule has 10 nitrogen and oxygen atoms in total. The van der Waals surface area contributed by atoms with Gasteiger partial charge in [-0.25, -0.2) is 0 Å². The van der Waals surface area contributed by atoms with E-state index in [0.29, 0.717) is 0 Å². The molecule has 0 amide bonds. The third kappa shape index (κ3) is 5.92. The highest BCUT2D eigenvalue weighted by Gasteiger charge is 2.52. The van der Waals surface area contributed by atoms with Crippen LogP contribution in [0.2, 0.25) is 0 Å². The predicted molar refractivity (Wildman–Crippen MR) is 80.2 cm³/mol. The Labute approximate surface area is 145 Å². The summed E-state index contributed by atoms with van der Waals surface area (Å²) in [4.78, 5) is 34.1. The van der Waals surface area contributed by atoms with E-state index in [1.807, 2.05) is 0 Å². The van der Waals surface area contributed by atoms with E-state index in [9.17, 15) is 19.5 Å². The Bertz CT molecular complexity index is 479. The molecule has 0 radical (unpaired) electrons. The largest absolute Gasteiger partial charge is 0.457 e. The first-order valence-electron chi connectivity index (χ1n) is 7.58. The summed E-state index contributed by atoms with van der Waals surface area (Å²) in [6.07, 6.45) is -7.06. The van der Waals surface area contributed by atoms with Crippen LogP contribution in [0.15, 0.2) is 0 Å². The number of aliphatic hydroxyl groups excluding tert-OH is 1. The van der Waals surface area contributed by atoms with Crippen molar-refractivity contribution in [3.05, 3.63) is 0 Å². The minimum absolute atomic E-state index is 0.0537. The van der Waals surface area contributed by atoms with Crippen molar-refractivity contribution in [1.82, 2.24) is 0 Å².